The van der Waals surface area contributed by atoms with Gasteiger partial charge in [-0.25, -0.2) is 13.1 Å². The van der Waals surface area contributed by atoms with Crippen LogP contribution in [0.1, 0.15) is 50.7 Å². The summed E-state index contributed by atoms with van der Waals surface area (Å²) in [6.07, 6.45) is 3.90. The van der Waals surface area contributed by atoms with Gasteiger partial charge in [0.2, 0.25) is 10.0 Å². The maximum atomic E-state index is 12.6. The van der Waals surface area contributed by atoms with Crippen molar-refractivity contribution in [2.24, 2.45) is 5.41 Å². The Morgan fingerprint density at radius 1 is 1.38 bits per heavy atom. The first kappa shape index (κ1) is 16.0. The van der Waals surface area contributed by atoms with Gasteiger partial charge in [-0.2, -0.15) is 5.26 Å². The summed E-state index contributed by atoms with van der Waals surface area (Å²) in [6, 6.07) is 6.73. The lowest BCUT2D eigenvalue weighted by Gasteiger charge is -2.35. The van der Waals surface area contributed by atoms with E-state index in [9.17, 15) is 8.42 Å². The van der Waals surface area contributed by atoms with Gasteiger partial charge in [-0.3, -0.25) is 0 Å². The topological polar surface area (TPSA) is 70.0 Å². The van der Waals surface area contributed by atoms with Gasteiger partial charge in [0.1, 0.15) is 0 Å². The molecule has 1 N–H and O–H groups in total. The fraction of sp³-hybridized carbons (Fsp3) is 0.562. The second kappa shape index (κ2) is 5.78. The Kier molecular flexibility index (Phi) is 4.40. The third-order valence-corrected chi connectivity index (χ3v) is 5.80. The highest BCUT2D eigenvalue weighted by molar-refractivity contribution is 7.89. The summed E-state index contributed by atoms with van der Waals surface area (Å²) in [7, 11) is -3.57. The van der Waals surface area contributed by atoms with E-state index in [0.717, 1.165) is 25.7 Å². The van der Waals surface area contributed by atoms with Crippen molar-refractivity contribution in [2.75, 3.05) is 0 Å². The van der Waals surface area contributed by atoms with E-state index in [1.54, 1.807) is 19.1 Å². The summed E-state index contributed by atoms with van der Waals surface area (Å²) in [5.41, 5.74) is 1.20. The van der Waals surface area contributed by atoms with Crippen molar-refractivity contribution in [1.82, 2.24) is 4.72 Å². The molecule has 0 aliphatic heterocycles. The Morgan fingerprint density at radius 3 is 2.71 bits per heavy atom. The molecule has 1 aromatic carbocycles. The van der Waals surface area contributed by atoms with Gasteiger partial charge in [0.25, 0.3) is 0 Å². The zero-order chi connectivity index (χ0) is 15.7. The Labute approximate surface area is 127 Å². The van der Waals surface area contributed by atoms with Crippen LogP contribution in [-0.2, 0) is 10.0 Å². The lowest BCUT2D eigenvalue weighted by Crippen LogP contribution is -2.40. The molecule has 0 aromatic heterocycles. The van der Waals surface area contributed by atoms with Gasteiger partial charge < -0.3 is 0 Å². The monoisotopic (exact) mass is 306 g/mol. The summed E-state index contributed by atoms with van der Waals surface area (Å²) >= 11 is 0. The Hall–Kier alpha value is -1.38. The molecule has 0 amide bonds. The molecule has 5 heteroatoms. The molecule has 1 aliphatic rings. The molecule has 1 saturated carbocycles. The average Bonchev–Trinajstić information content (AvgIpc) is 2.37. The smallest absolute Gasteiger partial charge is 0.208 e. The van der Waals surface area contributed by atoms with E-state index in [-0.39, 0.29) is 16.4 Å². The van der Waals surface area contributed by atoms with Crippen LogP contribution >= 0.6 is 0 Å². The van der Waals surface area contributed by atoms with Crippen LogP contribution in [0.2, 0.25) is 0 Å². The van der Waals surface area contributed by atoms with Gasteiger partial charge in [-0.05, 0) is 49.3 Å². The molecule has 0 radical (unpaired) electrons. The number of rotatable bonds is 3. The Balaban J connectivity index is 2.25. The van der Waals surface area contributed by atoms with E-state index < -0.39 is 10.0 Å². The minimum atomic E-state index is -3.57. The Bertz CT molecular complexity index is 672. The zero-order valence-electron chi connectivity index (χ0n) is 12.8. The van der Waals surface area contributed by atoms with Gasteiger partial charge in [0.15, 0.2) is 0 Å². The van der Waals surface area contributed by atoms with Crippen molar-refractivity contribution in [2.45, 2.75) is 57.4 Å². The highest BCUT2D eigenvalue weighted by Crippen LogP contribution is 2.35. The number of hydrogen-bond donors (Lipinski definition) is 1. The molecule has 0 saturated heterocycles. The maximum Gasteiger partial charge on any atom is 0.241 e. The second-order valence-electron chi connectivity index (χ2n) is 6.67. The summed E-state index contributed by atoms with van der Waals surface area (Å²) in [5.74, 6) is 0. The van der Waals surface area contributed by atoms with Gasteiger partial charge in [0.05, 0.1) is 16.5 Å². The van der Waals surface area contributed by atoms with E-state index >= 15 is 0 Å². The van der Waals surface area contributed by atoms with Crippen LogP contribution in [0.15, 0.2) is 23.1 Å². The van der Waals surface area contributed by atoms with Crippen molar-refractivity contribution in [3.8, 4) is 6.07 Å². The molecule has 21 heavy (non-hydrogen) atoms. The number of hydrogen-bond acceptors (Lipinski definition) is 3. The van der Waals surface area contributed by atoms with Crippen LogP contribution in [-0.4, -0.2) is 14.5 Å². The maximum absolute atomic E-state index is 12.6. The Morgan fingerprint density at radius 2 is 2.10 bits per heavy atom. The molecule has 114 valence electrons. The lowest BCUT2D eigenvalue weighted by molar-refractivity contribution is 0.212. The number of benzene rings is 1. The van der Waals surface area contributed by atoms with Gasteiger partial charge in [0, 0.05) is 6.04 Å². The van der Waals surface area contributed by atoms with Crippen LogP contribution in [0.25, 0.3) is 0 Å². The third kappa shape index (κ3) is 3.84. The number of aryl methyl sites for hydroxylation is 1. The molecule has 4 nitrogen and oxygen atoms in total. The standard InChI is InChI=1S/C16H22N2O2S/c1-12-6-7-13(11-17)9-15(12)21(19,20)18-14-5-4-8-16(2,3)10-14/h6-7,9,14,18H,4-5,8,10H2,1-3H3. The quantitative estimate of drug-likeness (QED) is 0.932. The molecule has 1 unspecified atom stereocenters. The summed E-state index contributed by atoms with van der Waals surface area (Å²) in [5, 5.41) is 8.94. The first-order valence-electron chi connectivity index (χ1n) is 7.27. The predicted molar refractivity (Wildman–Crippen MR) is 82.3 cm³/mol. The molecule has 1 aromatic rings. The fourth-order valence-corrected chi connectivity index (χ4v) is 4.58. The molecular weight excluding hydrogens is 284 g/mol. The predicted octanol–water partition coefficient (Wildman–Crippen LogP) is 3.11. The van der Waals surface area contributed by atoms with Crippen molar-refractivity contribution >= 4 is 10.0 Å². The second-order valence-corrected chi connectivity index (χ2v) is 8.35. The van der Waals surface area contributed by atoms with Crippen LogP contribution < -0.4 is 4.72 Å². The van der Waals surface area contributed by atoms with E-state index in [1.165, 1.54) is 6.07 Å². The molecule has 1 aliphatic carbocycles. The first-order chi connectivity index (χ1) is 9.73. The molecular formula is C16H22N2O2S. The molecule has 1 atom stereocenters. The molecule has 2 rings (SSSR count). The number of nitrogens with zero attached hydrogens (tertiary/aromatic N) is 1. The van der Waals surface area contributed by atoms with Crippen molar-refractivity contribution in [3.05, 3.63) is 29.3 Å². The highest BCUT2D eigenvalue weighted by atomic mass is 32.2. The zero-order valence-corrected chi connectivity index (χ0v) is 13.6. The van der Waals surface area contributed by atoms with Gasteiger partial charge >= 0.3 is 0 Å². The first-order valence-corrected chi connectivity index (χ1v) is 8.75. The molecule has 0 bridgehead atoms. The summed E-state index contributed by atoms with van der Waals surface area (Å²) in [4.78, 5) is 0.213. The van der Waals surface area contributed by atoms with E-state index in [1.807, 2.05) is 6.07 Å². The van der Waals surface area contributed by atoms with Crippen molar-refractivity contribution in [1.29, 1.82) is 5.26 Å². The van der Waals surface area contributed by atoms with Crippen molar-refractivity contribution < 1.29 is 8.42 Å². The number of sulfonamides is 1. The average molecular weight is 306 g/mol. The number of nitriles is 1. The highest BCUT2D eigenvalue weighted by Gasteiger charge is 2.31. The fourth-order valence-electron chi connectivity index (χ4n) is 3.04. The van der Waals surface area contributed by atoms with Crippen LogP contribution in [0.3, 0.4) is 0 Å². The SMILES string of the molecule is Cc1ccc(C#N)cc1S(=O)(=O)NC1CCCC(C)(C)C1. The lowest BCUT2D eigenvalue weighted by atomic mass is 9.75. The van der Waals surface area contributed by atoms with E-state index in [0.29, 0.717) is 11.1 Å². The summed E-state index contributed by atoms with van der Waals surface area (Å²) < 4.78 is 28.0. The molecule has 0 spiro atoms. The largest absolute Gasteiger partial charge is 0.241 e. The van der Waals surface area contributed by atoms with Crippen LogP contribution in [0.5, 0.6) is 0 Å². The van der Waals surface area contributed by atoms with E-state index in [2.05, 4.69) is 18.6 Å². The van der Waals surface area contributed by atoms with E-state index in [4.69, 9.17) is 5.26 Å². The molecule has 1 fully saturated rings. The van der Waals surface area contributed by atoms with Gasteiger partial charge in [-0.1, -0.05) is 26.3 Å². The van der Waals surface area contributed by atoms with Crippen molar-refractivity contribution in [3.63, 3.8) is 0 Å². The minimum Gasteiger partial charge on any atom is -0.208 e. The van der Waals surface area contributed by atoms with Crippen LogP contribution in [0, 0.1) is 23.7 Å². The third-order valence-electron chi connectivity index (χ3n) is 4.13. The summed E-state index contributed by atoms with van der Waals surface area (Å²) in [6.45, 7) is 6.10. The minimum absolute atomic E-state index is 0.0242. The molecule has 0 heterocycles. The number of nitrogens with one attached hydrogen (secondary N) is 1. The normalized spacial score (nSPS) is 21.7. The van der Waals surface area contributed by atoms with Crippen LogP contribution in [0.4, 0.5) is 0 Å². The van der Waals surface area contributed by atoms with Gasteiger partial charge in [-0.15, -0.1) is 0 Å².